The molecule has 2 aliphatic rings. The van der Waals surface area contributed by atoms with Crippen LogP contribution in [-0.2, 0) is 25.7 Å². The van der Waals surface area contributed by atoms with E-state index in [-0.39, 0.29) is 41.8 Å². The van der Waals surface area contributed by atoms with Gasteiger partial charge in [0.15, 0.2) is 0 Å². The normalized spacial score (nSPS) is 23.9. The first-order valence-corrected chi connectivity index (χ1v) is 13.7. The van der Waals surface area contributed by atoms with Crippen LogP contribution in [0.25, 0.3) is 0 Å². The number of amides is 2. The number of benzene rings is 1. The summed E-state index contributed by atoms with van der Waals surface area (Å²) < 4.78 is 71.4. The highest BCUT2D eigenvalue weighted by molar-refractivity contribution is 7.89. The standard InChI is InChI=1S/C25H36F3N3O5S/c1-23(2,3)20(30-22(33)36-24(4,5)6)21(32)29-19-12-7-15-13-31(14-18(15)19)37(34,35)17-10-8-16(9-11-17)25(26,27)28/h8-11,15,18-20H,7,12-14H2,1-6H3,(H,29,32)(H,30,33)/t15-,18+,19+,20-/m1/s1. The minimum absolute atomic E-state index is 0.0152. The van der Waals surface area contributed by atoms with Gasteiger partial charge in [0.1, 0.15) is 11.6 Å². The molecule has 0 aromatic heterocycles. The van der Waals surface area contributed by atoms with Crippen LogP contribution in [0.15, 0.2) is 29.2 Å². The summed E-state index contributed by atoms with van der Waals surface area (Å²) in [4.78, 5) is 25.4. The Balaban J connectivity index is 1.69. The van der Waals surface area contributed by atoms with Crippen LogP contribution in [0.3, 0.4) is 0 Å². The molecule has 2 fully saturated rings. The van der Waals surface area contributed by atoms with Gasteiger partial charge in [0.05, 0.1) is 10.5 Å². The Morgan fingerprint density at radius 1 is 1.00 bits per heavy atom. The average molecular weight is 548 g/mol. The van der Waals surface area contributed by atoms with E-state index in [0.29, 0.717) is 12.8 Å². The van der Waals surface area contributed by atoms with E-state index in [1.807, 2.05) is 20.8 Å². The van der Waals surface area contributed by atoms with Crippen LogP contribution in [0.1, 0.15) is 59.9 Å². The molecule has 1 aromatic rings. The SMILES string of the molecule is CC(C)(C)OC(=O)N[C@H](C(=O)N[C@H]1CC[C@@H]2CN(S(=O)(=O)c3ccc(C(F)(F)F)cc3)C[C@@H]21)C(C)(C)C. The number of carbonyl (C=O) groups excluding carboxylic acids is 2. The molecule has 0 radical (unpaired) electrons. The lowest BCUT2D eigenvalue weighted by Gasteiger charge is -2.33. The Bertz CT molecular complexity index is 1110. The minimum Gasteiger partial charge on any atom is -0.444 e. The van der Waals surface area contributed by atoms with E-state index in [2.05, 4.69) is 10.6 Å². The third-order valence-corrected chi connectivity index (χ3v) is 8.61. The van der Waals surface area contributed by atoms with Gasteiger partial charge in [0.25, 0.3) is 0 Å². The topological polar surface area (TPSA) is 105 Å². The molecule has 1 saturated heterocycles. The number of sulfonamides is 1. The Labute approximate surface area is 216 Å². The predicted molar refractivity (Wildman–Crippen MR) is 131 cm³/mol. The molecule has 0 spiro atoms. The first kappa shape index (κ1) is 29.2. The number of hydrogen-bond acceptors (Lipinski definition) is 5. The molecule has 12 heteroatoms. The number of nitrogens with one attached hydrogen (secondary N) is 2. The minimum atomic E-state index is -4.55. The highest BCUT2D eigenvalue weighted by Crippen LogP contribution is 2.40. The second-order valence-electron chi connectivity index (χ2n) is 11.9. The third kappa shape index (κ3) is 6.95. The van der Waals surface area contributed by atoms with Gasteiger partial charge in [-0.15, -0.1) is 0 Å². The van der Waals surface area contributed by atoms with E-state index < -0.39 is 44.9 Å². The summed E-state index contributed by atoms with van der Waals surface area (Å²) in [6.07, 6.45) is -3.89. The van der Waals surface area contributed by atoms with Crippen molar-refractivity contribution in [3.05, 3.63) is 29.8 Å². The Morgan fingerprint density at radius 2 is 1.59 bits per heavy atom. The molecule has 2 N–H and O–H groups in total. The molecule has 3 rings (SSSR count). The summed E-state index contributed by atoms with van der Waals surface area (Å²) in [7, 11) is -3.99. The Kier molecular flexibility index (Phi) is 7.97. The molecule has 1 heterocycles. The Hall–Kier alpha value is -2.34. The van der Waals surface area contributed by atoms with Crippen molar-refractivity contribution in [2.45, 2.75) is 83.1 Å². The molecular formula is C25H36F3N3O5S. The van der Waals surface area contributed by atoms with Crippen molar-refractivity contribution in [3.63, 3.8) is 0 Å². The highest BCUT2D eigenvalue weighted by atomic mass is 32.2. The average Bonchev–Trinajstić information content (AvgIpc) is 3.32. The number of alkyl halides is 3. The summed E-state index contributed by atoms with van der Waals surface area (Å²) in [6, 6.07) is 2.29. The van der Waals surface area contributed by atoms with Gasteiger partial charge >= 0.3 is 12.3 Å². The van der Waals surface area contributed by atoms with Gasteiger partial charge in [-0.3, -0.25) is 4.79 Å². The second-order valence-corrected chi connectivity index (χ2v) is 13.8. The van der Waals surface area contributed by atoms with Crippen LogP contribution in [0.2, 0.25) is 0 Å². The lowest BCUT2D eigenvalue weighted by atomic mass is 9.85. The van der Waals surface area contributed by atoms with Crippen LogP contribution >= 0.6 is 0 Å². The molecule has 1 aromatic carbocycles. The van der Waals surface area contributed by atoms with Crippen LogP contribution in [0.5, 0.6) is 0 Å². The van der Waals surface area contributed by atoms with E-state index in [0.717, 1.165) is 24.3 Å². The summed E-state index contributed by atoms with van der Waals surface area (Å²) in [5, 5.41) is 5.66. The van der Waals surface area contributed by atoms with Crippen molar-refractivity contribution in [2.24, 2.45) is 17.3 Å². The fourth-order valence-electron chi connectivity index (χ4n) is 4.93. The molecule has 1 saturated carbocycles. The lowest BCUT2D eigenvalue weighted by Crippen LogP contribution is -2.56. The van der Waals surface area contributed by atoms with Crippen molar-refractivity contribution in [1.82, 2.24) is 14.9 Å². The molecular weight excluding hydrogens is 511 g/mol. The second kappa shape index (κ2) is 10.1. The zero-order chi connectivity index (χ0) is 28.0. The molecule has 37 heavy (non-hydrogen) atoms. The smallest absolute Gasteiger partial charge is 0.416 e. The quantitative estimate of drug-likeness (QED) is 0.576. The number of halogens is 3. The first-order chi connectivity index (χ1) is 16.8. The zero-order valence-electron chi connectivity index (χ0n) is 22.0. The summed E-state index contributed by atoms with van der Waals surface area (Å²) >= 11 is 0. The van der Waals surface area contributed by atoms with Gasteiger partial charge in [-0.2, -0.15) is 17.5 Å². The molecule has 0 bridgehead atoms. The fraction of sp³-hybridized carbons (Fsp3) is 0.680. The summed E-state index contributed by atoms with van der Waals surface area (Å²) in [6.45, 7) is 11.0. The zero-order valence-corrected chi connectivity index (χ0v) is 22.8. The molecule has 1 aliphatic carbocycles. The van der Waals surface area contributed by atoms with Crippen molar-refractivity contribution >= 4 is 22.0 Å². The van der Waals surface area contributed by atoms with Crippen LogP contribution in [-0.4, -0.2) is 55.5 Å². The molecule has 4 atom stereocenters. The van der Waals surface area contributed by atoms with E-state index in [1.165, 1.54) is 4.31 Å². The predicted octanol–water partition coefficient (Wildman–Crippen LogP) is 4.16. The monoisotopic (exact) mass is 547 g/mol. The van der Waals surface area contributed by atoms with Crippen molar-refractivity contribution in [3.8, 4) is 0 Å². The maximum atomic E-state index is 13.2. The number of ether oxygens (including phenoxy) is 1. The van der Waals surface area contributed by atoms with Gasteiger partial charge in [-0.1, -0.05) is 20.8 Å². The lowest BCUT2D eigenvalue weighted by molar-refractivity contribution is -0.137. The number of nitrogens with zero attached hydrogens (tertiary/aromatic N) is 1. The number of alkyl carbamates (subject to hydrolysis) is 1. The summed E-state index contributed by atoms with van der Waals surface area (Å²) in [5.74, 6) is -0.509. The van der Waals surface area contributed by atoms with E-state index in [4.69, 9.17) is 4.74 Å². The maximum absolute atomic E-state index is 13.2. The Morgan fingerprint density at radius 3 is 2.11 bits per heavy atom. The van der Waals surface area contributed by atoms with Gasteiger partial charge in [-0.05, 0) is 75.1 Å². The number of rotatable bonds is 5. The fourth-order valence-corrected chi connectivity index (χ4v) is 6.47. The largest absolute Gasteiger partial charge is 0.444 e. The first-order valence-electron chi connectivity index (χ1n) is 12.3. The molecule has 0 unspecified atom stereocenters. The van der Waals surface area contributed by atoms with Crippen LogP contribution in [0, 0.1) is 17.3 Å². The maximum Gasteiger partial charge on any atom is 0.416 e. The molecule has 8 nitrogen and oxygen atoms in total. The number of carbonyl (C=O) groups is 2. The molecule has 2 amide bonds. The van der Waals surface area contributed by atoms with E-state index >= 15 is 0 Å². The molecule has 208 valence electrons. The van der Waals surface area contributed by atoms with E-state index in [1.54, 1.807) is 20.8 Å². The molecule has 1 aliphatic heterocycles. The van der Waals surface area contributed by atoms with Crippen molar-refractivity contribution in [1.29, 1.82) is 0 Å². The number of hydrogen-bond donors (Lipinski definition) is 2. The van der Waals surface area contributed by atoms with Crippen LogP contribution < -0.4 is 10.6 Å². The highest BCUT2D eigenvalue weighted by Gasteiger charge is 2.48. The van der Waals surface area contributed by atoms with Gasteiger partial charge < -0.3 is 15.4 Å². The van der Waals surface area contributed by atoms with Crippen molar-refractivity contribution < 1.29 is 35.9 Å². The van der Waals surface area contributed by atoms with E-state index in [9.17, 15) is 31.2 Å². The van der Waals surface area contributed by atoms with Gasteiger partial charge in [0.2, 0.25) is 15.9 Å². The van der Waals surface area contributed by atoms with Gasteiger partial charge in [0, 0.05) is 19.1 Å². The van der Waals surface area contributed by atoms with Crippen LogP contribution in [0.4, 0.5) is 18.0 Å². The van der Waals surface area contributed by atoms with Gasteiger partial charge in [-0.25, -0.2) is 13.2 Å². The van der Waals surface area contributed by atoms with Crippen molar-refractivity contribution in [2.75, 3.05) is 13.1 Å². The summed E-state index contributed by atoms with van der Waals surface area (Å²) in [5.41, 5.74) is -2.26. The number of fused-ring (bicyclic) bond motifs is 1. The third-order valence-electron chi connectivity index (χ3n) is 6.76.